The quantitative estimate of drug-likeness (QED) is 0.819. The average Bonchev–Trinajstić information content (AvgIpc) is 2.60. The van der Waals surface area contributed by atoms with Crippen LogP contribution in [0.2, 0.25) is 5.02 Å². The third kappa shape index (κ3) is 1.89. The lowest BCUT2D eigenvalue weighted by Gasteiger charge is -2.00. The molecule has 0 saturated heterocycles. The molecule has 2 aromatic rings. The fourth-order valence-electron chi connectivity index (χ4n) is 1.53. The van der Waals surface area contributed by atoms with Gasteiger partial charge in [0, 0.05) is 11.3 Å². The summed E-state index contributed by atoms with van der Waals surface area (Å²) in [4.78, 5) is 7.52. The van der Waals surface area contributed by atoms with Crippen LogP contribution >= 0.6 is 11.6 Å². The second-order valence-corrected chi connectivity index (χ2v) is 3.75. The summed E-state index contributed by atoms with van der Waals surface area (Å²) in [6, 6.07) is 7.65. The Balaban J connectivity index is 2.54. The molecule has 1 aromatic carbocycles. The van der Waals surface area contributed by atoms with Crippen LogP contribution in [0, 0.1) is 6.92 Å². The summed E-state index contributed by atoms with van der Waals surface area (Å²) in [6.45, 7) is 2.37. The molecule has 0 aliphatic carbocycles. The van der Waals surface area contributed by atoms with Gasteiger partial charge in [-0.25, -0.2) is 4.98 Å². The number of hydrogen-bond donors (Lipinski definition) is 2. The van der Waals surface area contributed by atoms with Gasteiger partial charge in [-0.3, -0.25) is 0 Å². The zero-order valence-electron chi connectivity index (χ0n) is 8.42. The zero-order chi connectivity index (χ0) is 10.8. The summed E-state index contributed by atoms with van der Waals surface area (Å²) in [5.41, 5.74) is 8.32. The third-order valence-corrected chi connectivity index (χ3v) is 2.59. The van der Waals surface area contributed by atoms with Crippen LogP contribution in [0.3, 0.4) is 0 Å². The summed E-state index contributed by atoms with van der Waals surface area (Å²) in [7, 11) is 0. The van der Waals surface area contributed by atoms with Crippen LogP contribution in [-0.4, -0.2) is 9.97 Å². The van der Waals surface area contributed by atoms with Crippen molar-refractivity contribution in [2.45, 2.75) is 13.5 Å². The second-order valence-electron chi connectivity index (χ2n) is 3.34. The summed E-state index contributed by atoms with van der Waals surface area (Å²) in [5, 5.41) is 0.704. The van der Waals surface area contributed by atoms with Gasteiger partial charge in [0.1, 0.15) is 5.82 Å². The second kappa shape index (κ2) is 4.04. The molecule has 1 heterocycles. The number of aryl methyl sites for hydroxylation is 1. The minimum atomic E-state index is 0.408. The Morgan fingerprint density at radius 1 is 1.40 bits per heavy atom. The highest BCUT2D eigenvalue weighted by molar-refractivity contribution is 6.33. The zero-order valence-corrected chi connectivity index (χ0v) is 9.17. The smallest absolute Gasteiger partial charge is 0.120 e. The molecule has 3 N–H and O–H groups in total. The molecule has 0 fully saturated rings. The predicted octanol–water partition coefficient (Wildman–Crippen LogP) is 2.50. The fourth-order valence-corrected chi connectivity index (χ4v) is 1.76. The van der Waals surface area contributed by atoms with Crippen LogP contribution in [0.5, 0.6) is 0 Å². The molecule has 0 saturated carbocycles. The normalized spacial score (nSPS) is 10.6. The van der Waals surface area contributed by atoms with Crippen molar-refractivity contribution in [3.05, 3.63) is 40.8 Å². The van der Waals surface area contributed by atoms with Gasteiger partial charge in [-0.05, 0) is 13.0 Å². The van der Waals surface area contributed by atoms with Crippen molar-refractivity contribution in [2.24, 2.45) is 5.73 Å². The number of aromatic amines is 1. The van der Waals surface area contributed by atoms with Crippen LogP contribution in [0.25, 0.3) is 11.3 Å². The molecule has 0 spiro atoms. The predicted molar refractivity (Wildman–Crippen MR) is 61.7 cm³/mol. The van der Waals surface area contributed by atoms with Gasteiger partial charge in [0.25, 0.3) is 0 Å². The molecule has 0 radical (unpaired) electrons. The number of H-pyrrole nitrogens is 1. The van der Waals surface area contributed by atoms with E-state index in [0.717, 1.165) is 22.8 Å². The van der Waals surface area contributed by atoms with Gasteiger partial charge in [-0.15, -0.1) is 0 Å². The number of halogens is 1. The standard InChI is InChI=1S/C11H12ClN3/c1-7-11(15-10(6-13)14-7)8-4-2-3-5-9(8)12/h2-5H,6,13H2,1H3,(H,14,15). The largest absolute Gasteiger partial charge is 0.344 e. The number of benzene rings is 1. The molecular weight excluding hydrogens is 210 g/mol. The third-order valence-electron chi connectivity index (χ3n) is 2.26. The first kappa shape index (κ1) is 10.2. The molecule has 0 unspecified atom stereocenters. The average molecular weight is 222 g/mol. The Morgan fingerprint density at radius 3 is 2.73 bits per heavy atom. The number of imidazole rings is 1. The molecule has 1 aromatic heterocycles. The Hall–Kier alpha value is -1.32. The summed E-state index contributed by atoms with van der Waals surface area (Å²) >= 11 is 6.10. The van der Waals surface area contributed by atoms with E-state index in [2.05, 4.69) is 9.97 Å². The number of aromatic nitrogens is 2. The van der Waals surface area contributed by atoms with Gasteiger partial charge >= 0.3 is 0 Å². The minimum Gasteiger partial charge on any atom is -0.344 e. The maximum atomic E-state index is 6.10. The van der Waals surface area contributed by atoms with Crippen molar-refractivity contribution >= 4 is 11.6 Å². The molecule has 2 rings (SSSR count). The van der Waals surface area contributed by atoms with Crippen LogP contribution in [0.4, 0.5) is 0 Å². The molecule has 15 heavy (non-hydrogen) atoms. The number of nitrogens with two attached hydrogens (primary N) is 1. The van der Waals surface area contributed by atoms with Crippen LogP contribution < -0.4 is 5.73 Å². The highest BCUT2D eigenvalue weighted by Crippen LogP contribution is 2.28. The van der Waals surface area contributed by atoms with Crippen molar-refractivity contribution in [1.29, 1.82) is 0 Å². The number of nitrogens with one attached hydrogen (secondary N) is 1. The monoisotopic (exact) mass is 221 g/mol. The Kier molecular flexibility index (Phi) is 2.75. The highest BCUT2D eigenvalue weighted by atomic mass is 35.5. The Morgan fingerprint density at radius 2 is 2.13 bits per heavy atom. The van der Waals surface area contributed by atoms with E-state index in [-0.39, 0.29) is 0 Å². The van der Waals surface area contributed by atoms with Crippen molar-refractivity contribution in [1.82, 2.24) is 9.97 Å². The number of nitrogens with zero attached hydrogens (tertiary/aromatic N) is 1. The molecule has 4 heteroatoms. The van der Waals surface area contributed by atoms with E-state index in [0.29, 0.717) is 11.6 Å². The fraction of sp³-hybridized carbons (Fsp3) is 0.182. The lowest BCUT2D eigenvalue weighted by molar-refractivity contribution is 0.944. The number of rotatable bonds is 2. The molecule has 0 amide bonds. The molecule has 0 aliphatic rings. The molecule has 3 nitrogen and oxygen atoms in total. The van der Waals surface area contributed by atoms with Crippen LogP contribution in [0.1, 0.15) is 11.5 Å². The van der Waals surface area contributed by atoms with Gasteiger partial charge in [0.15, 0.2) is 0 Å². The molecular formula is C11H12ClN3. The van der Waals surface area contributed by atoms with Gasteiger partial charge in [0.05, 0.1) is 17.3 Å². The first-order chi connectivity index (χ1) is 7.22. The lowest BCUT2D eigenvalue weighted by Crippen LogP contribution is -1.97. The van der Waals surface area contributed by atoms with E-state index < -0.39 is 0 Å². The van der Waals surface area contributed by atoms with Crippen molar-refractivity contribution in [3.63, 3.8) is 0 Å². The first-order valence-electron chi connectivity index (χ1n) is 4.73. The lowest BCUT2D eigenvalue weighted by atomic mass is 10.1. The van der Waals surface area contributed by atoms with Gasteiger partial charge in [-0.1, -0.05) is 29.8 Å². The highest BCUT2D eigenvalue weighted by Gasteiger charge is 2.10. The maximum absolute atomic E-state index is 6.10. The van der Waals surface area contributed by atoms with E-state index in [4.69, 9.17) is 17.3 Å². The molecule has 0 atom stereocenters. The van der Waals surface area contributed by atoms with E-state index in [1.807, 2.05) is 31.2 Å². The topological polar surface area (TPSA) is 54.7 Å². The SMILES string of the molecule is Cc1[nH]c(CN)nc1-c1ccccc1Cl. The van der Waals surface area contributed by atoms with E-state index in [9.17, 15) is 0 Å². The van der Waals surface area contributed by atoms with Crippen molar-refractivity contribution < 1.29 is 0 Å². The summed E-state index contributed by atoms with van der Waals surface area (Å²) in [5.74, 6) is 0.780. The van der Waals surface area contributed by atoms with Crippen LogP contribution in [-0.2, 0) is 6.54 Å². The van der Waals surface area contributed by atoms with Gasteiger partial charge in [-0.2, -0.15) is 0 Å². The van der Waals surface area contributed by atoms with Crippen molar-refractivity contribution in [3.8, 4) is 11.3 Å². The van der Waals surface area contributed by atoms with E-state index in [1.54, 1.807) is 0 Å². The first-order valence-corrected chi connectivity index (χ1v) is 5.10. The maximum Gasteiger partial charge on any atom is 0.120 e. The molecule has 0 bridgehead atoms. The number of hydrogen-bond acceptors (Lipinski definition) is 2. The van der Waals surface area contributed by atoms with E-state index >= 15 is 0 Å². The van der Waals surface area contributed by atoms with Gasteiger partial charge < -0.3 is 10.7 Å². The van der Waals surface area contributed by atoms with E-state index in [1.165, 1.54) is 0 Å². The van der Waals surface area contributed by atoms with Crippen molar-refractivity contribution in [2.75, 3.05) is 0 Å². The van der Waals surface area contributed by atoms with Gasteiger partial charge in [0.2, 0.25) is 0 Å². The molecule has 78 valence electrons. The van der Waals surface area contributed by atoms with Crippen LogP contribution in [0.15, 0.2) is 24.3 Å². The Bertz CT molecular complexity index is 476. The molecule has 0 aliphatic heterocycles. The minimum absolute atomic E-state index is 0.408. The summed E-state index contributed by atoms with van der Waals surface area (Å²) in [6.07, 6.45) is 0. The Labute approximate surface area is 93.3 Å². The summed E-state index contributed by atoms with van der Waals surface area (Å²) < 4.78 is 0.